The molecule has 0 aromatic carbocycles. The summed E-state index contributed by atoms with van der Waals surface area (Å²) in [5.41, 5.74) is 0.400. The Kier molecular flexibility index (Phi) is 4.22. The van der Waals surface area contributed by atoms with Crippen LogP contribution in [0.15, 0.2) is 0 Å². The maximum atomic E-state index is 10.7. The van der Waals surface area contributed by atoms with Gasteiger partial charge < -0.3 is 10.2 Å². The number of aliphatic carboxylic acids is 1. The summed E-state index contributed by atoms with van der Waals surface area (Å²) in [6.07, 6.45) is 1.47. The summed E-state index contributed by atoms with van der Waals surface area (Å²) in [7, 11) is 0. The molecule has 0 aliphatic rings. The van der Waals surface area contributed by atoms with Gasteiger partial charge in [0, 0.05) is 0 Å². The predicted molar refractivity (Wildman–Crippen MR) is 61.7 cm³/mol. The fourth-order valence-electron chi connectivity index (χ4n) is 1.65. The highest BCUT2D eigenvalue weighted by Crippen LogP contribution is 2.13. The van der Waals surface area contributed by atoms with E-state index >= 15 is 0 Å². The number of rotatable bonds is 6. The number of carbonyl (C=O) groups is 1. The summed E-state index contributed by atoms with van der Waals surface area (Å²) < 4.78 is 1.60. The average Bonchev–Trinajstić information content (AvgIpc) is 2.47. The summed E-state index contributed by atoms with van der Waals surface area (Å²) in [6, 6.07) is 0. The third-order valence-electron chi connectivity index (χ3n) is 2.26. The van der Waals surface area contributed by atoms with E-state index < -0.39 is 11.6 Å². The smallest absolute Gasteiger partial charge is 0.309 e. The Morgan fingerprint density at radius 3 is 2.59 bits per heavy atom. The molecule has 0 aliphatic heterocycles. The van der Waals surface area contributed by atoms with Crippen LogP contribution in [0.25, 0.3) is 0 Å². The molecule has 1 aromatic rings. The van der Waals surface area contributed by atoms with Crippen LogP contribution >= 0.6 is 0 Å². The third kappa shape index (κ3) is 4.14. The van der Waals surface area contributed by atoms with E-state index in [2.05, 4.69) is 10.3 Å². The number of aromatic nitrogens is 3. The predicted octanol–water partition coefficient (Wildman–Crippen LogP) is 0.629. The molecule has 1 rings (SSSR count). The van der Waals surface area contributed by atoms with Crippen LogP contribution in [0.3, 0.4) is 0 Å². The standard InChI is InChI=1S/C11H19N3O3/c1-4-5-9-8(6-10(15)16)12-13-14(9)7-11(2,3)17/h17H,4-7H2,1-3H3,(H,15,16). The molecule has 96 valence electrons. The zero-order chi connectivity index (χ0) is 13.1. The highest BCUT2D eigenvalue weighted by atomic mass is 16.4. The Bertz CT molecular complexity index is 393. The lowest BCUT2D eigenvalue weighted by Gasteiger charge is -2.18. The van der Waals surface area contributed by atoms with Crippen LogP contribution in [0.2, 0.25) is 0 Å². The van der Waals surface area contributed by atoms with Crippen LogP contribution in [0, 0.1) is 0 Å². The van der Waals surface area contributed by atoms with E-state index in [1.807, 2.05) is 6.92 Å². The minimum absolute atomic E-state index is 0.124. The Hall–Kier alpha value is -1.43. The second-order valence-electron chi connectivity index (χ2n) is 4.77. The Morgan fingerprint density at radius 1 is 1.47 bits per heavy atom. The molecule has 0 fully saturated rings. The molecule has 0 amide bonds. The fourth-order valence-corrected chi connectivity index (χ4v) is 1.65. The molecule has 0 saturated carbocycles. The van der Waals surface area contributed by atoms with Gasteiger partial charge in [0.1, 0.15) is 0 Å². The molecular weight excluding hydrogens is 222 g/mol. The van der Waals surface area contributed by atoms with E-state index in [4.69, 9.17) is 5.11 Å². The summed E-state index contributed by atoms with van der Waals surface area (Å²) in [5.74, 6) is -0.919. The number of aliphatic hydroxyl groups is 1. The van der Waals surface area contributed by atoms with Crippen LogP contribution < -0.4 is 0 Å². The summed E-state index contributed by atoms with van der Waals surface area (Å²) in [5, 5.41) is 26.3. The van der Waals surface area contributed by atoms with Crippen molar-refractivity contribution in [2.75, 3.05) is 0 Å². The Morgan fingerprint density at radius 2 is 2.12 bits per heavy atom. The quantitative estimate of drug-likeness (QED) is 0.762. The zero-order valence-corrected chi connectivity index (χ0v) is 10.5. The van der Waals surface area contributed by atoms with Crippen LogP contribution in [-0.2, 0) is 24.2 Å². The van der Waals surface area contributed by atoms with Gasteiger partial charge in [-0.2, -0.15) is 0 Å². The second-order valence-corrected chi connectivity index (χ2v) is 4.77. The normalized spacial score (nSPS) is 11.8. The molecule has 6 heteroatoms. The molecule has 6 nitrogen and oxygen atoms in total. The molecule has 1 aromatic heterocycles. The van der Waals surface area contributed by atoms with Crippen LogP contribution in [0.4, 0.5) is 0 Å². The molecule has 0 atom stereocenters. The number of nitrogens with zero attached hydrogens (tertiary/aromatic N) is 3. The first-order chi connectivity index (χ1) is 7.83. The molecule has 0 unspecified atom stereocenters. The topological polar surface area (TPSA) is 88.2 Å². The third-order valence-corrected chi connectivity index (χ3v) is 2.26. The van der Waals surface area contributed by atoms with Crippen molar-refractivity contribution in [3.8, 4) is 0 Å². The van der Waals surface area contributed by atoms with Crippen molar-refractivity contribution in [2.45, 2.75) is 52.2 Å². The molecule has 2 N–H and O–H groups in total. The fraction of sp³-hybridized carbons (Fsp3) is 0.727. The summed E-state index contributed by atoms with van der Waals surface area (Å²) in [6.45, 7) is 5.68. The van der Waals surface area contributed by atoms with Crippen molar-refractivity contribution in [3.05, 3.63) is 11.4 Å². The Balaban J connectivity index is 2.97. The van der Waals surface area contributed by atoms with E-state index in [0.717, 1.165) is 12.1 Å². The lowest BCUT2D eigenvalue weighted by atomic mass is 10.1. The van der Waals surface area contributed by atoms with Gasteiger partial charge in [-0.3, -0.25) is 4.79 Å². The molecule has 0 aliphatic carbocycles. The highest BCUT2D eigenvalue weighted by molar-refractivity contribution is 5.69. The first kappa shape index (κ1) is 13.6. The van der Waals surface area contributed by atoms with Gasteiger partial charge in [-0.15, -0.1) is 5.10 Å². The van der Waals surface area contributed by atoms with Crippen LogP contribution in [0.1, 0.15) is 38.6 Å². The maximum Gasteiger partial charge on any atom is 0.309 e. The lowest BCUT2D eigenvalue weighted by molar-refractivity contribution is -0.136. The van der Waals surface area contributed by atoms with E-state index in [1.165, 1.54) is 0 Å². The van der Waals surface area contributed by atoms with Gasteiger partial charge in [-0.25, -0.2) is 4.68 Å². The number of carboxylic acid groups (broad SMARTS) is 1. The number of hydrogen-bond donors (Lipinski definition) is 2. The number of carboxylic acids is 1. The molecule has 0 spiro atoms. The van der Waals surface area contributed by atoms with Gasteiger partial charge in [-0.05, 0) is 20.3 Å². The molecule has 1 heterocycles. The average molecular weight is 241 g/mol. The van der Waals surface area contributed by atoms with Crippen LogP contribution in [-0.4, -0.2) is 36.8 Å². The van der Waals surface area contributed by atoms with Crippen molar-refractivity contribution in [1.29, 1.82) is 0 Å². The molecule has 0 bridgehead atoms. The SMILES string of the molecule is CCCc1c(CC(=O)O)nnn1CC(C)(C)O. The molecular formula is C11H19N3O3. The maximum absolute atomic E-state index is 10.7. The van der Waals surface area contributed by atoms with Crippen LogP contribution in [0.5, 0.6) is 0 Å². The van der Waals surface area contributed by atoms with Crippen molar-refractivity contribution in [1.82, 2.24) is 15.0 Å². The zero-order valence-electron chi connectivity index (χ0n) is 10.5. The monoisotopic (exact) mass is 241 g/mol. The highest BCUT2D eigenvalue weighted by Gasteiger charge is 2.20. The molecule has 0 radical (unpaired) electrons. The molecule has 0 saturated heterocycles. The second kappa shape index (κ2) is 5.27. The van der Waals surface area contributed by atoms with E-state index in [9.17, 15) is 9.90 Å². The largest absolute Gasteiger partial charge is 0.481 e. The summed E-state index contributed by atoms with van der Waals surface area (Å²) in [4.78, 5) is 10.7. The van der Waals surface area contributed by atoms with Crippen molar-refractivity contribution in [3.63, 3.8) is 0 Å². The lowest BCUT2D eigenvalue weighted by Crippen LogP contribution is -2.28. The number of hydrogen-bond acceptors (Lipinski definition) is 4. The van der Waals surface area contributed by atoms with Crippen molar-refractivity contribution < 1.29 is 15.0 Å². The van der Waals surface area contributed by atoms with E-state index in [-0.39, 0.29) is 6.42 Å². The minimum Gasteiger partial charge on any atom is -0.481 e. The minimum atomic E-state index is -0.919. The van der Waals surface area contributed by atoms with Gasteiger partial charge in [0.05, 0.1) is 30.0 Å². The summed E-state index contributed by atoms with van der Waals surface area (Å²) >= 11 is 0. The van der Waals surface area contributed by atoms with Crippen molar-refractivity contribution >= 4 is 5.97 Å². The van der Waals surface area contributed by atoms with Gasteiger partial charge in [0.25, 0.3) is 0 Å². The Labute approximate surface area is 100 Å². The first-order valence-electron chi connectivity index (χ1n) is 5.69. The first-order valence-corrected chi connectivity index (χ1v) is 5.69. The molecule has 17 heavy (non-hydrogen) atoms. The van der Waals surface area contributed by atoms with E-state index in [0.29, 0.717) is 18.7 Å². The van der Waals surface area contributed by atoms with Gasteiger partial charge in [0.2, 0.25) is 0 Å². The van der Waals surface area contributed by atoms with Crippen molar-refractivity contribution in [2.24, 2.45) is 0 Å². The van der Waals surface area contributed by atoms with Gasteiger partial charge >= 0.3 is 5.97 Å². The van der Waals surface area contributed by atoms with E-state index in [1.54, 1.807) is 18.5 Å². The van der Waals surface area contributed by atoms with Gasteiger partial charge in [0.15, 0.2) is 0 Å². The van der Waals surface area contributed by atoms with Gasteiger partial charge in [-0.1, -0.05) is 18.6 Å².